The van der Waals surface area contributed by atoms with Crippen LogP contribution in [0.25, 0.3) is 0 Å². The summed E-state index contributed by atoms with van der Waals surface area (Å²) in [6, 6.07) is 2.34. The largest absolute Gasteiger partial charge is 0.334 e. The highest BCUT2D eigenvalue weighted by atomic mass is 19.1. The van der Waals surface area contributed by atoms with Crippen molar-refractivity contribution in [2.24, 2.45) is 0 Å². The summed E-state index contributed by atoms with van der Waals surface area (Å²) in [6.45, 7) is 0.953. The maximum Gasteiger partial charge on any atom is 0.334 e. The van der Waals surface area contributed by atoms with Crippen LogP contribution in [0.4, 0.5) is 13.6 Å². The molecule has 0 unspecified atom stereocenters. The lowest BCUT2D eigenvalue weighted by Crippen LogP contribution is -2.33. The van der Waals surface area contributed by atoms with Gasteiger partial charge in [-0.05, 0) is 19.1 Å². The fraction of sp³-hybridized carbons (Fsp3) is 0.250. The van der Waals surface area contributed by atoms with E-state index in [0.29, 0.717) is 4.90 Å². The Morgan fingerprint density at radius 3 is 2.00 bits per heavy atom. The molecule has 1 aliphatic heterocycles. The van der Waals surface area contributed by atoms with Crippen molar-refractivity contribution in [1.82, 2.24) is 9.80 Å². The Kier molecular flexibility index (Phi) is 3.28. The molecule has 0 radical (unpaired) electrons. The summed E-state index contributed by atoms with van der Waals surface area (Å²) in [6.07, 6.45) is 0. The zero-order valence-corrected chi connectivity index (χ0v) is 10.0. The molecule has 7 heteroatoms. The molecule has 1 fully saturated rings. The van der Waals surface area contributed by atoms with Gasteiger partial charge in [-0.25, -0.2) is 13.6 Å². The average molecular weight is 268 g/mol. The fourth-order valence-electron chi connectivity index (χ4n) is 1.81. The van der Waals surface area contributed by atoms with Crippen LogP contribution < -0.4 is 0 Å². The van der Waals surface area contributed by atoms with E-state index in [2.05, 4.69) is 0 Å². The second kappa shape index (κ2) is 4.75. The van der Waals surface area contributed by atoms with E-state index < -0.39 is 41.6 Å². The van der Waals surface area contributed by atoms with Crippen molar-refractivity contribution < 1.29 is 23.2 Å². The summed E-state index contributed by atoms with van der Waals surface area (Å²) in [5.74, 6) is -3.80. The third-order valence-corrected chi connectivity index (χ3v) is 2.83. The molecule has 2 rings (SSSR count). The lowest BCUT2D eigenvalue weighted by Gasteiger charge is -2.14. The first kappa shape index (κ1) is 13.1. The van der Waals surface area contributed by atoms with Crippen LogP contribution in [-0.2, 0) is 16.1 Å². The third-order valence-electron chi connectivity index (χ3n) is 2.83. The molecule has 0 atom stereocenters. The van der Waals surface area contributed by atoms with E-state index in [-0.39, 0.29) is 6.54 Å². The Labute approximate surface area is 107 Å². The molecule has 100 valence electrons. The molecule has 0 bridgehead atoms. The van der Waals surface area contributed by atoms with Crippen LogP contribution in [0.1, 0.15) is 12.5 Å². The van der Waals surface area contributed by atoms with Gasteiger partial charge in [0.25, 0.3) is 0 Å². The number of imide groups is 2. The lowest BCUT2D eigenvalue weighted by molar-refractivity contribution is -0.143. The van der Waals surface area contributed by atoms with Gasteiger partial charge < -0.3 is 0 Å². The highest BCUT2D eigenvalue weighted by molar-refractivity contribution is 6.44. The Morgan fingerprint density at radius 1 is 1.00 bits per heavy atom. The topological polar surface area (TPSA) is 57.7 Å². The summed E-state index contributed by atoms with van der Waals surface area (Å²) in [5.41, 5.74) is -0.421. The number of carbonyl (C=O) groups is 3. The van der Waals surface area contributed by atoms with E-state index in [4.69, 9.17) is 0 Å². The normalized spacial score (nSPS) is 15.6. The summed E-state index contributed by atoms with van der Waals surface area (Å²) in [4.78, 5) is 36.0. The number of likely N-dealkylation sites (N-methyl/N-ethyl adjacent to an activating group) is 1. The monoisotopic (exact) mass is 268 g/mol. The van der Waals surface area contributed by atoms with E-state index in [1.54, 1.807) is 0 Å². The zero-order chi connectivity index (χ0) is 14.2. The quantitative estimate of drug-likeness (QED) is 0.613. The van der Waals surface area contributed by atoms with Crippen molar-refractivity contribution in [2.45, 2.75) is 13.5 Å². The van der Waals surface area contributed by atoms with Crippen molar-refractivity contribution in [1.29, 1.82) is 0 Å². The van der Waals surface area contributed by atoms with Gasteiger partial charge in [0.05, 0.1) is 6.54 Å². The summed E-state index contributed by atoms with van der Waals surface area (Å²) in [5, 5.41) is 0. The number of urea groups is 1. The van der Waals surface area contributed by atoms with Crippen molar-refractivity contribution >= 4 is 17.8 Å². The second-order valence-electron chi connectivity index (χ2n) is 3.92. The minimum Gasteiger partial charge on any atom is -0.263 e. The van der Waals surface area contributed by atoms with E-state index in [9.17, 15) is 23.2 Å². The third kappa shape index (κ3) is 2.07. The van der Waals surface area contributed by atoms with Crippen molar-refractivity contribution in [3.63, 3.8) is 0 Å². The number of halogens is 2. The first-order chi connectivity index (χ1) is 8.97. The van der Waals surface area contributed by atoms with Crippen LogP contribution in [0.3, 0.4) is 0 Å². The van der Waals surface area contributed by atoms with Crippen molar-refractivity contribution in [3.8, 4) is 0 Å². The van der Waals surface area contributed by atoms with Gasteiger partial charge in [-0.15, -0.1) is 0 Å². The molecule has 1 aliphatic rings. The highest BCUT2D eigenvalue weighted by Gasteiger charge is 2.43. The first-order valence-corrected chi connectivity index (χ1v) is 5.57. The first-order valence-electron chi connectivity index (χ1n) is 5.57. The predicted molar refractivity (Wildman–Crippen MR) is 59.7 cm³/mol. The van der Waals surface area contributed by atoms with Gasteiger partial charge >= 0.3 is 17.8 Å². The molecular formula is C12H10F2N2O3. The molecule has 0 spiro atoms. The molecule has 0 aliphatic carbocycles. The number of nitrogens with zero attached hydrogens (tertiary/aromatic N) is 2. The molecule has 0 saturated carbocycles. The smallest absolute Gasteiger partial charge is 0.263 e. The maximum absolute atomic E-state index is 13.4. The Balaban J connectivity index is 2.32. The number of hydrogen-bond acceptors (Lipinski definition) is 3. The van der Waals surface area contributed by atoms with Gasteiger partial charge in [0, 0.05) is 12.1 Å². The molecule has 1 heterocycles. The van der Waals surface area contributed by atoms with E-state index >= 15 is 0 Å². The number of rotatable bonds is 3. The van der Waals surface area contributed by atoms with Gasteiger partial charge in [0.2, 0.25) is 0 Å². The average Bonchev–Trinajstić information content (AvgIpc) is 2.57. The van der Waals surface area contributed by atoms with Crippen LogP contribution in [0.15, 0.2) is 18.2 Å². The molecule has 5 nitrogen and oxygen atoms in total. The van der Waals surface area contributed by atoms with Crippen LogP contribution in [-0.4, -0.2) is 34.2 Å². The van der Waals surface area contributed by atoms with Gasteiger partial charge in [-0.1, -0.05) is 6.07 Å². The molecule has 0 aromatic heterocycles. The number of hydrogen-bond donors (Lipinski definition) is 0. The second-order valence-corrected chi connectivity index (χ2v) is 3.92. The standard InChI is InChI=1S/C12H10F2N2O3/c1-2-15-10(17)11(18)16(12(15)19)6-7-8(13)4-3-5-9(7)14/h3-5H,2,6H2,1H3. The molecule has 1 saturated heterocycles. The van der Waals surface area contributed by atoms with E-state index in [1.165, 1.54) is 13.0 Å². The molecule has 4 amide bonds. The van der Waals surface area contributed by atoms with Crippen molar-refractivity contribution in [3.05, 3.63) is 35.4 Å². The highest BCUT2D eigenvalue weighted by Crippen LogP contribution is 2.19. The summed E-state index contributed by atoms with van der Waals surface area (Å²) < 4.78 is 26.9. The van der Waals surface area contributed by atoms with Crippen LogP contribution in [0.2, 0.25) is 0 Å². The number of carbonyl (C=O) groups excluding carboxylic acids is 3. The minimum absolute atomic E-state index is 0.0274. The number of amides is 4. The Bertz CT molecular complexity index is 554. The SMILES string of the molecule is CCN1C(=O)C(=O)N(Cc2c(F)cccc2F)C1=O. The van der Waals surface area contributed by atoms with Gasteiger partial charge in [0.15, 0.2) is 0 Å². The molecular weight excluding hydrogens is 258 g/mol. The molecule has 0 N–H and O–H groups in total. The van der Waals surface area contributed by atoms with Gasteiger partial charge in [0.1, 0.15) is 11.6 Å². The maximum atomic E-state index is 13.4. The van der Waals surface area contributed by atoms with Crippen LogP contribution in [0, 0.1) is 11.6 Å². The van der Waals surface area contributed by atoms with E-state index in [1.807, 2.05) is 0 Å². The minimum atomic E-state index is -1.07. The van der Waals surface area contributed by atoms with Crippen LogP contribution in [0.5, 0.6) is 0 Å². The number of benzene rings is 1. The molecule has 1 aromatic rings. The summed E-state index contributed by atoms with van der Waals surface area (Å²) >= 11 is 0. The Morgan fingerprint density at radius 2 is 1.53 bits per heavy atom. The Hall–Kier alpha value is -2.31. The van der Waals surface area contributed by atoms with Crippen molar-refractivity contribution in [2.75, 3.05) is 6.54 Å². The van der Waals surface area contributed by atoms with E-state index in [0.717, 1.165) is 17.0 Å². The lowest BCUT2D eigenvalue weighted by atomic mass is 10.2. The van der Waals surface area contributed by atoms with Gasteiger partial charge in [-0.3, -0.25) is 19.4 Å². The summed E-state index contributed by atoms with van der Waals surface area (Å²) in [7, 11) is 0. The molecule has 1 aromatic carbocycles. The predicted octanol–water partition coefficient (Wildman–Crippen LogP) is 1.28. The van der Waals surface area contributed by atoms with Crippen LogP contribution >= 0.6 is 0 Å². The van der Waals surface area contributed by atoms with Gasteiger partial charge in [-0.2, -0.15) is 0 Å². The molecule has 19 heavy (non-hydrogen) atoms. The zero-order valence-electron chi connectivity index (χ0n) is 10.0. The fourth-order valence-corrected chi connectivity index (χ4v) is 1.81.